The van der Waals surface area contributed by atoms with E-state index in [1.807, 2.05) is 24.3 Å². The zero-order valence-electron chi connectivity index (χ0n) is 13.3. The van der Waals surface area contributed by atoms with Gasteiger partial charge >= 0.3 is 11.8 Å². The Balaban J connectivity index is 1.45. The van der Waals surface area contributed by atoms with E-state index in [2.05, 4.69) is 10.6 Å². The lowest BCUT2D eigenvalue weighted by Gasteiger charge is -2.26. The van der Waals surface area contributed by atoms with Crippen LogP contribution in [0.3, 0.4) is 0 Å². The summed E-state index contributed by atoms with van der Waals surface area (Å²) in [6.07, 6.45) is -0.352. The molecule has 0 fully saturated rings. The maximum absolute atomic E-state index is 11.9. The Labute approximate surface area is 150 Å². The molecular weight excluding hydrogens is 344 g/mol. The van der Waals surface area contributed by atoms with Gasteiger partial charge in [0, 0.05) is 11.6 Å². The zero-order chi connectivity index (χ0) is 17.6. The highest BCUT2D eigenvalue weighted by Gasteiger charge is 2.22. The van der Waals surface area contributed by atoms with Gasteiger partial charge in [-0.05, 0) is 23.8 Å². The van der Waals surface area contributed by atoms with Crippen molar-refractivity contribution in [3.8, 4) is 11.5 Å². The van der Waals surface area contributed by atoms with E-state index < -0.39 is 11.8 Å². The molecule has 1 aliphatic heterocycles. The summed E-state index contributed by atoms with van der Waals surface area (Å²) in [5, 5.41) is 5.62. The minimum Gasteiger partial charge on any atom is -0.486 e. The number of rotatable bonds is 4. The number of nitrogens with one attached hydrogen (secondary N) is 2. The van der Waals surface area contributed by atoms with E-state index in [1.165, 1.54) is 0 Å². The topological polar surface area (TPSA) is 76.7 Å². The molecule has 0 saturated heterocycles. The Morgan fingerprint density at radius 1 is 1.00 bits per heavy atom. The van der Waals surface area contributed by atoms with Crippen molar-refractivity contribution in [1.82, 2.24) is 10.6 Å². The summed E-state index contributed by atoms with van der Waals surface area (Å²) >= 11 is 6.01. The number of ether oxygens (including phenoxy) is 2. The van der Waals surface area contributed by atoms with E-state index >= 15 is 0 Å². The van der Waals surface area contributed by atoms with Gasteiger partial charge in [0.15, 0.2) is 11.5 Å². The van der Waals surface area contributed by atoms with Gasteiger partial charge < -0.3 is 20.1 Å². The molecule has 2 aromatic carbocycles. The lowest BCUT2D eigenvalue weighted by Crippen LogP contribution is -2.45. The summed E-state index contributed by atoms with van der Waals surface area (Å²) in [6, 6.07) is 14.4. The molecule has 1 unspecified atom stereocenters. The first-order valence-corrected chi connectivity index (χ1v) is 8.19. The number of halogens is 1. The van der Waals surface area contributed by atoms with Crippen molar-refractivity contribution in [3.63, 3.8) is 0 Å². The van der Waals surface area contributed by atoms with Crippen LogP contribution < -0.4 is 20.1 Å². The van der Waals surface area contributed by atoms with Gasteiger partial charge in [-0.1, -0.05) is 41.9 Å². The first-order valence-electron chi connectivity index (χ1n) is 7.81. The average Bonchev–Trinajstić information content (AvgIpc) is 2.65. The van der Waals surface area contributed by atoms with E-state index in [1.54, 1.807) is 24.3 Å². The molecule has 25 heavy (non-hydrogen) atoms. The van der Waals surface area contributed by atoms with Crippen LogP contribution in [0.2, 0.25) is 5.02 Å². The van der Waals surface area contributed by atoms with E-state index in [9.17, 15) is 9.59 Å². The molecule has 1 atom stereocenters. The van der Waals surface area contributed by atoms with Gasteiger partial charge in [0.1, 0.15) is 12.7 Å². The van der Waals surface area contributed by atoms with Crippen molar-refractivity contribution in [2.24, 2.45) is 0 Å². The molecule has 0 aromatic heterocycles. The van der Waals surface area contributed by atoms with Gasteiger partial charge in [-0.3, -0.25) is 9.59 Å². The third kappa shape index (κ3) is 4.42. The number of fused-ring (bicyclic) bond motifs is 1. The van der Waals surface area contributed by atoms with Gasteiger partial charge in [0.2, 0.25) is 0 Å². The van der Waals surface area contributed by atoms with E-state index in [0.29, 0.717) is 23.1 Å². The number of hydrogen-bond donors (Lipinski definition) is 2. The first kappa shape index (κ1) is 17.1. The number of carbonyl (C=O) groups excluding carboxylic acids is 2. The molecule has 2 N–H and O–H groups in total. The smallest absolute Gasteiger partial charge is 0.309 e. The monoisotopic (exact) mass is 360 g/mol. The molecule has 2 amide bonds. The molecular formula is C18H17ClN2O4. The van der Waals surface area contributed by atoms with Crippen molar-refractivity contribution >= 4 is 23.4 Å². The third-order valence-corrected chi connectivity index (χ3v) is 4.03. The van der Waals surface area contributed by atoms with E-state index in [4.69, 9.17) is 21.1 Å². The Hall–Kier alpha value is -2.73. The third-order valence-electron chi connectivity index (χ3n) is 3.66. The highest BCUT2D eigenvalue weighted by Crippen LogP contribution is 2.30. The second kappa shape index (κ2) is 7.90. The van der Waals surface area contributed by atoms with Crippen LogP contribution in [-0.2, 0) is 16.1 Å². The lowest BCUT2D eigenvalue weighted by molar-refractivity contribution is -0.139. The number of para-hydroxylation sites is 2. The molecule has 0 bridgehead atoms. The zero-order valence-corrected chi connectivity index (χ0v) is 14.1. The van der Waals surface area contributed by atoms with Crippen LogP contribution >= 0.6 is 11.6 Å². The van der Waals surface area contributed by atoms with Gasteiger partial charge in [0.25, 0.3) is 0 Å². The second-order valence-electron chi connectivity index (χ2n) is 5.48. The Morgan fingerprint density at radius 3 is 2.48 bits per heavy atom. The molecule has 0 radical (unpaired) electrons. The van der Waals surface area contributed by atoms with Crippen LogP contribution in [0.4, 0.5) is 0 Å². The second-order valence-corrected chi connectivity index (χ2v) is 5.89. The fourth-order valence-electron chi connectivity index (χ4n) is 2.35. The number of benzene rings is 2. The van der Waals surface area contributed by atoms with Crippen LogP contribution in [0.5, 0.6) is 11.5 Å². The maximum Gasteiger partial charge on any atom is 0.309 e. The molecule has 0 spiro atoms. The van der Waals surface area contributed by atoms with Crippen LogP contribution in [0, 0.1) is 0 Å². The van der Waals surface area contributed by atoms with Crippen molar-refractivity contribution < 1.29 is 19.1 Å². The number of amides is 2. The maximum atomic E-state index is 11.9. The Bertz CT molecular complexity index is 781. The predicted molar refractivity (Wildman–Crippen MR) is 92.7 cm³/mol. The minimum absolute atomic E-state index is 0.173. The van der Waals surface area contributed by atoms with Gasteiger partial charge in [0.05, 0.1) is 6.54 Å². The van der Waals surface area contributed by atoms with Crippen molar-refractivity contribution in [3.05, 3.63) is 59.1 Å². The lowest BCUT2D eigenvalue weighted by atomic mass is 10.2. The normalized spacial score (nSPS) is 15.3. The number of carbonyl (C=O) groups is 2. The quantitative estimate of drug-likeness (QED) is 0.817. The van der Waals surface area contributed by atoms with Crippen LogP contribution in [0.25, 0.3) is 0 Å². The summed E-state index contributed by atoms with van der Waals surface area (Å²) in [7, 11) is 0. The molecule has 3 rings (SSSR count). The van der Waals surface area contributed by atoms with Crippen LogP contribution in [0.1, 0.15) is 5.56 Å². The standard InChI is InChI=1S/C18H17ClN2O4/c19-14-6-2-1-5-12(14)9-20-17(22)18(23)21-10-13-11-24-15-7-3-4-8-16(15)25-13/h1-8,13H,9-11H2,(H,20,22)(H,21,23). The fraction of sp³-hybridized carbons (Fsp3) is 0.222. The summed E-state index contributed by atoms with van der Waals surface area (Å²) in [5.41, 5.74) is 0.742. The summed E-state index contributed by atoms with van der Waals surface area (Å²) in [6.45, 7) is 0.660. The summed E-state index contributed by atoms with van der Waals surface area (Å²) < 4.78 is 11.3. The molecule has 0 aliphatic carbocycles. The first-order chi connectivity index (χ1) is 12.1. The van der Waals surface area contributed by atoms with E-state index in [-0.39, 0.29) is 19.2 Å². The van der Waals surface area contributed by atoms with Crippen LogP contribution in [0.15, 0.2) is 48.5 Å². The average molecular weight is 361 g/mol. The molecule has 0 saturated carbocycles. The molecule has 130 valence electrons. The summed E-state index contributed by atoms with van der Waals surface area (Å²) in [5.74, 6) is -0.162. The predicted octanol–water partition coefficient (Wildman–Crippen LogP) is 1.91. The van der Waals surface area contributed by atoms with Gasteiger partial charge in [-0.2, -0.15) is 0 Å². The highest BCUT2D eigenvalue weighted by atomic mass is 35.5. The van der Waals surface area contributed by atoms with Gasteiger partial charge in [-0.15, -0.1) is 0 Å². The molecule has 2 aromatic rings. The van der Waals surface area contributed by atoms with Crippen molar-refractivity contribution in [2.45, 2.75) is 12.6 Å². The summed E-state index contributed by atoms with van der Waals surface area (Å²) in [4.78, 5) is 23.7. The SMILES string of the molecule is O=C(NCc1ccccc1Cl)C(=O)NCC1COc2ccccc2O1. The highest BCUT2D eigenvalue weighted by molar-refractivity contribution is 6.35. The molecule has 6 nitrogen and oxygen atoms in total. The minimum atomic E-state index is -0.727. The molecule has 7 heteroatoms. The molecule has 1 heterocycles. The number of hydrogen-bond acceptors (Lipinski definition) is 4. The molecule has 1 aliphatic rings. The van der Waals surface area contributed by atoms with Crippen LogP contribution in [-0.4, -0.2) is 31.1 Å². The fourth-order valence-corrected chi connectivity index (χ4v) is 2.55. The van der Waals surface area contributed by atoms with E-state index in [0.717, 1.165) is 5.56 Å². The largest absolute Gasteiger partial charge is 0.486 e. The van der Waals surface area contributed by atoms with Crippen molar-refractivity contribution in [2.75, 3.05) is 13.2 Å². The Kier molecular flexibility index (Phi) is 5.40. The van der Waals surface area contributed by atoms with Gasteiger partial charge in [-0.25, -0.2) is 0 Å². The van der Waals surface area contributed by atoms with Crippen molar-refractivity contribution in [1.29, 1.82) is 0 Å². The Morgan fingerprint density at radius 2 is 1.68 bits per heavy atom.